The maximum atomic E-state index is 13.6. The van der Waals surface area contributed by atoms with Gasteiger partial charge in [-0.3, -0.25) is 0 Å². The van der Waals surface area contributed by atoms with Gasteiger partial charge in [0.1, 0.15) is 24.0 Å². The van der Waals surface area contributed by atoms with E-state index in [0.29, 0.717) is 31.0 Å². The van der Waals surface area contributed by atoms with Crippen LogP contribution in [0, 0.1) is 5.82 Å². The number of carbonyl (C=O) groups excluding carboxylic acids is 1. The second-order valence-corrected chi connectivity index (χ2v) is 6.29. The summed E-state index contributed by atoms with van der Waals surface area (Å²) < 4.78 is 13.6. The predicted octanol–water partition coefficient (Wildman–Crippen LogP) is 2.78. The van der Waals surface area contributed by atoms with Crippen molar-refractivity contribution in [1.82, 2.24) is 4.98 Å². The fraction of sp³-hybridized carbons (Fsp3) is 0.211. The highest BCUT2D eigenvalue weighted by atomic mass is 19.1. The van der Waals surface area contributed by atoms with Gasteiger partial charge in [0.2, 0.25) is 0 Å². The molecule has 0 spiro atoms. The summed E-state index contributed by atoms with van der Waals surface area (Å²) in [4.78, 5) is 19.1. The van der Waals surface area contributed by atoms with Crippen molar-refractivity contribution in [2.24, 2.45) is 0 Å². The monoisotopic (exact) mass is 338 g/mol. The number of nitrogens with two attached hydrogens (primary N) is 1. The zero-order chi connectivity index (χ0) is 17.4. The summed E-state index contributed by atoms with van der Waals surface area (Å²) in [5, 5.41) is 1.11. The lowest BCUT2D eigenvalue weighted by atomic mass is 10.1. The van der Waals surface area contributed by atoms with Crippen molar-refractivity contribution in [2.45, 2.75) is 6.04 Å². The lowest BCUT2D eigenvalue weighted by Crippen LogP contribution is -2.54. The van der Waals surface area contributed by atoms with Crippen molar-refractivity contribution in [3.63, 3.8) is 0 Å². The molecule has 1 aliphatic heterocycles. The van der Waals surface area contributed by atoms with Gasteiger partial charge in [0, 0.05) is 30.5 Å². The number of aromatic nitrogens is 1. The minimum Gasteiger partial charge on any atom is -0.397 e. The third-order valence-electron chi connectivity index (χ3n) is 4.73. The normalized spacial score (nSPS) is 17.9. The number of para-hydroxylation sites is 1. The van der Waals surface area contributed by atoms with Gasteiger partial charge in [0.05, 0.1) is 11.4 Å². The molecule has 0 amide bonds. The van der Waals surface area contributed by atoms with Crippen molar-refractivity contribution in [3.8, 4) is 0 Å². The second-order valence-electron chi connectivity index (χ2n) is 6.29. The predicted molar refractivity (Wildman–Crippen MR) is 98.5 cm³/mol. The van der Waals surface area contributed by atoms with E-state index in [4.69, 9.17) is 5.73 Å². The van der Waals surface area contributed by atoms with Gasteiger partial charge in [-0.2, -0.15) is 0 Å². The molecule has 0 radical (unpaired) electrons. The van der Waals surface area contributed by atoms with Crippen molar-refractivity contribution in [2.75, 3.05) is 35.2 Å². The van der Waals surface area contributed by atoms with Gasteiger partial charge < -0.3 is 25.3 Å². The number of hydrogen-bond donors (Lipinski definition) is 2. The first kappa shape index (κ1) is 15.5. The maximum Gasteiger partial charge on any atom is 0.144 e. The van der Waals surface area contributed by atoms with Gasteiger partial charge >= 0.3 is 0 Å². The Hall–Kier alpha value is -3.02. The summed E-state index contributed by atoms with van der Waals surface area (Å²) >= 11 is 0. The summed E-state index contributed by atoms with van der Waals surface area (Å²) in [7, 11) is 0. The molecule has 0 saturated carbocycles. The van der Waals surface area contributed by atoms with Crippen molar-refractivity contribution >= 4 is 34.4 Å². The number of halogens is 1. The van der Waals surface area contributed by atoms with E-state index >= 15 is 0 Å². The Labute approximate surface area is 144 Å². The number of aldehydes is 1. The molecule has 0 aliphatic carbocycles. The minimum atomic E-state index is -0.329. The van der Waals surface area contributed by atoms with Gasteiger partial charge in [-0.05, 0) is 30.3 Å². The molecule has 6 heteroatoms. The summed E-state index contributed by atoms with van der Waals surface area (Å²) in [6.07, 6.45) is 0.938. The summed E-state index contributed by atoms with van der Waals surface area (Å²) in [6, 6.07) is 14.1. The zero-order valence-electron chi connectivity index (χ0n) is 13.7. The van der Waals surface area contributed by atoms with Crippen LogP contribution < -0.4 is 15.5 Å². The van der Waals surface area contributed by atoms with Gasteiger partial charge in [-0.1, -0.05) is 18.2 Å². The van der Waals surface area contributed by atoms with E-state index in [1.165, 1.54) is 12.1 Å². The summed E-state index contributed by atoms with van der Waals surface area (Å²) in [5.41, 5.74) is 8.19. The Balaban J connectivity index is 1.61. The van der Waals surface area contributed by atoms with E-state index in [1.807, 2.05) is 29.2 Å². The van der Waals surface area contributed by atoms with Gasteiger partial charge in [-0.15, -0.1) is 0 Å². The van der Waals surface area contributed by atoms with Crippen molar-refractivity contribution in [3.05, 3.63) is 54.3 Å². The average molecular weight is 338 g/mol. The second kappa shape index (κ2) is 6.12. The van der Waals surface area contributed by atoms with Gasteiger partial charge in [-0.25, -0.2) is 4.39 Å². The molecule has 2 heterocycles. The van der Waals surface area contributed by atoms with Crippen LogP contribution in [0.1, 0.15) is 0 Å². The van der Waals surface area contributed by atoms with E-state index in [-0.39, 0.29) is 11.9 Å². The first-order chi connectivity index (χ1) is 12.2. The number of nitrogen functional groups attached to an aromatic ring is 1. The number of rotatable bonds is 3. The molecule has 1 aliphatic rings. The van der Waals surface area contributed by atoms with Crippen LogP contribution in [0.2, 0.25) is 0 Å². The molecule has 0 bridgehead atoms. The van der Waals surface area contributed by atoms with Crippen LogP contribution in [-0.2, 0) is 4.79 Å². The molecular weight excluding hydrogens is 319 g/mol. The largest absolute Gasteiger partial charge is 0.397 e. The van der Waals surface area contributed by atoms with Crippen LogP contribution in [0.3, 0.4) is 0 Å². The minimum absolute atomic E-state index is 0.329. The van der Waals surface area contributed by atoms with Crippen molar-refractivity contribution in [1.29, 1.82) is 0 Å². The van der Waals surface area contributed by atoms with E-state index in [9.17, 15) is 9.18 Å². The number of aromatic amines is 1. The molecule has 5 nitrogen and oxygen atoms in total. The number of piperazine rings is 1. The zero-order valence-corrected chi connectivity index (χ0v) is 13.7. The highest BCUT2D eigenvalue weighted by molar-refractivity contribution is 5.85. The lowest BCUT2D eigenvalue weighted by molar-refractivity contribution is -0.108. The first-order valence-electron chi connectivity index (χ1n) is 8.25. The molecular formula is C19H19FN4O. The number of anilines is 3. The molecule has 1 atom stereocenters. The molecule has 128 valence electrons. The van der Waals surface area contributed by atoms with Gasteiger partial charge in [0.25, 0.3) is 0 Å². The summed E-state index contributed by atoms with van der Waals surface area (Å²) in [5.74, 6) is 0.593. The molecule has 25 heavy (non-hydrogen) atoms. The Kier molecular flexibility index (Phi) is 3.80. The van der Waals surface area contributed by atoms with Crippen molar-refractivity contribution < 1.29 is 9.18 Å². The molecule has 4 rings (SSSR count). The maximum absolute atomic E-state index is 13.6. The number of H-pyrrole nitrogens is 1. The molecule has 1 aromatic heterocycles. The molecule has 1 saturated heterocycles. The molecule has 2 aromatic carbocycles. The Bertz CT molecular complexity index is 890. The van der Waals surface area contributed by atoms with Crippen LogP contribution in [-0.4, -0.2) is 36.9 Å². The van der Waals surface area contributed by atoms with Crippen LogP contribution in [0.5, 0.6) is 0 Å². The SMILES string of the molecule is Nc1ccc(F)cc1N1CCN(c2cc3ccccc3[nH]2)C(C=O)C1. The fourth-order valence-corrected chi connectivity index (χ4v) is 3.45. The quantitative estimate of drug-likeness (QED) is 0.569. The summed E-state index contributed by atoms with van der Waals surface area (Å²) in [6.45, 7) is 1.77. The number of carbonyl (C=O) groups is 1. The number of nitrogens with zero attached hydrogens (tertiary/aromatic N) is 2. The Morgan fingerprint density at radius 1 is 1.16 bits per heavy atom. The lowest BCUT2D eigenvalue weighted by Gasteiger charge is -2.41. The number of benzene rings is 2. The molecule has 1 unspecified atom stereocenters. The molecule has 3 N–H and O–H groups in total. The van der Waals surface area contributed by atoms with Crippen LogP contribution in [0.15, 0.2) is 48.5 Å². The molecule has 1 fully saturated rings. The van der Waals surface area contributed by atoms with E-state index in [2.05, 4.69) is 16.0 Å². The highest BCUT2D eigenvalue weighted by Gasteiger charge is 2.29. The fourth-order valence-electron chi connectivity index (χ4n) is 3.45. The molecule has 3 aromatic rings. The topological polar surface area (TPSA) is 65.4 Å². The van der Waals surface area contributed by atoms with E-state index in [1.54, 1.807) is 6.07 Å². The van der Waals surface area contributed by atoms with E-state index in [0.717, 1.165) is 23.0 Å². The van der Waals surface area contributed by atoms with Crippen LogP contribution >= 0.6 is 0 Å². The van der Waals surface area contributed by atoms with Crippen LogP contribution in [0.4, 0.5) is 21.6 Å². The third-order valence-corrected chi connectivity index (χ3v) is 4.73. The first-order valence-corrected chi connectivity index (χ1v) is 8.25. The third kappa shape index (κ3) is 2.80. The smallest absolute Gasteiger partial charge is 0.144 e. The number of nitrogens with one attached hydrogen (secondary N) is 1. The average Bonchev–Trinajstić information content (AvgIpc) is 3.07. The van der Waals surface area contributed by atoms with E-state index < -0.39 is 0 Å². The van der Waals surface area contributed by atoms with Crippen LogP contribution in [0.25, 0.3) is 10.9 Å². The number of hydrogen-bond acceptors (Lipinski definition) is 4. The standard InChI is InChI=1S/C19H19FN4O/c20-14-5-6-16(21)18(10-14)23-7-8-24(15(11-23)12-25)19-9-13-3-1-2-4-17(13)22-19/h1-6,9-10,12,15,22H,7-8,11,21H2. The highest BCUT2D eigenvalue weighted by Crippen LogP contribution is 2.29. The number of fused-ring (bicyclic) bond motifs is 1. The Morgan fingerprint density at radius 3 is 2.80 bits per heavy atom. The van der Waals surface area contributed by atoms with Gasteiger partial charge in [0.15, 0.2) is 0 Å². The Morgan fingerprint density at radius 2 is 2.00 bits per heavy atom.